The van der Waals surface area contributed by atoms with Gasteiger partial charge < -0.3 is 14.4 Å². The summed E-state index contributed by atoms with van der Waals surface area (Å²) in [5.74, 6) is 1.64. The van der Waals surface area contributed by atoms with Crippen LogP contribution in [0.1, 0.15) is 5.56 Å². The average Bonchev–Trinajstić information content (AvgIpc) is 3.28. The number of anilines is 1. The molecule has 0 radical (unpaired) electrons. The zero-order valence-electron chi connectivity index (χ0n) is 15.3. The zero-order chi connectivity index (χ0) is 19.3. The number of hydrogen-bond acceptors (Lipinski definition) is 4. The Morgan fingerprint density at radius 2 is 1.54 bits per heavy atom. The van der Waals surface area contributed by atoms with Crippen molar-refractivity contribution in [2.75, 3.05) is 31.1 Å². The molecule has 0 spiro atoms. The van der Waals surface area contributed by atoms with Crippen LogP contribution in [0.4, 0.5) is 5.82 Å². The van der Waals surface area contributed by atoms with Gasteiger partial charge in [-0.3, -0.25) is 4.79 Å². The minimum Gasteiger partial charge on any atom is -0.352 e. The molecule has 0 aliphatic carbocycles. The van der Waals surface area contributed by atoms with Gasteiger partial charge in [0.2, 0.25) is 5.91 Å². The summed E-state index contributed by atoms with van der Waals surface area (Å²) in [4.78, 5) is 16.4. The first kappa shape index (κ1) is 18.3. The Hall–Kier alpha value is -3.12. The summed E-state index contributed by atoms with van der Waals surface area (Å²) in [6.45, 7) is 2.78. The summed E-state index contributed by atoms with van der Waals surface area (Å²) in [6.07, 6.45) is 7.30. The summed E-state index contributed by atoms with van der Waals surface area (Å²) in [7, 11) is 0. The molecule has 1 aliphatic rings. The van der Waals surface area contributed by atoms with Crippen molar-refractivity contribution in [1.82, 2.24) is 19.7 Å². The molecule has 4 rings (SSSR count). The van der Waals surface area contributed by atoms with Crippen LogP contribution in [0.2, 0.25) is 5.02 Å². The minimum absolute atomic E-state index is 0.0173. The van der Waals surface area contributed by atoms with Crippen molar-refractivity contribution in [2.45, 2.75) is 0 Å². The number of aromatic nitrogens is 3. The molecule has 28 heavy (non-hydrogen) atoms. The molecule has 1 amide bonds. The fraction of sp³-hybridized carbons (Fsp3) is 0.190. The normalized spacial score (nSPS) is 14.6. The van der Waals surface area contributed by atoms with E-state index < -0.39 is 0 Å². The lowest BCUT2D eigenvalue weighted by Gasteiger charge is -2.34. The van der Waals surface area contributed by atoms with Gasteiger partial charge in [0, 0.05) is 49.7 Å². The van der Waals surface area contributed by atoms with Gasteiger partial charge in [0.25, 0.3) is 0 Å². The van der Waals surface area contributed by atoms with Crippen LogP contribution in [-0.4, -0.2) is 51.8 Å². The Balaban J connectivity index is 1.32. The van der Waals surface area contributed by atoms with Gasteiger partial charge >= 0.3 is 0 Å². The lowest BCUT2D eigenvalue weighted by Crippen LogP contribution is -2.48. The van der Waals surface area contributed by atoms with Crippen molar-refractivity contribution in [3.63, 3.8) is 0 Å². The molecule has 0 saturated carbocycles. The van der Waals surface area contributed by atoms with Crippen molar-refractivity contribution in [2.24, 2.45) is 0 Å². The van der Waals surface area contributed by atoms with Gasteiger partial charge in [0.15, 0.2) is 11.6 Å². The van der Waals surface area contributed by atoms with Gasteiger partial charge in [-0.25, -0.2) is 0 Å². The van der Waals surface area contributed by atoms with Gasteiger partial charge in [0.05, 0.1) is 0 Å². The third-order valence-electron chi connectivity index (χ3n) is 4.71. The number of halogens is 1. The largest absolute Gasteiger partial charge is 0.352 e. The van der Waals surface area contributed by atoms with Crippen molar-refractivity contribution in [1.29, 1.82) is 0 Å². The van der Waals surface area contributed by atoms with E-state index in [-0.39, 0.29) is 5.91 Å². The number of benzene rings is 1. The van der Waals surface area contributed by atoms with Gasteiger partial charge in [-0.05, 0) is 48.0 Å². The average molecular weight is 394 g/mol. The van der Waals surface area contributed by atoms with Crippen LogP contribution in [0.15, 0.2) is 67.0 Å². The quantitative estimate of drug-likeness (QED) is 0.638. The van der Waals surface area contributed by atoms with Crippen molar-refractivity contribution in [3.8, 4) is 5.82 Å². The van der Waals surface area contributed by atoms with Crippen molar-refractivity contribution >= 4 is 29.4 Å². The monoisotopic (exact) mass is 393 g/mol. The Morgan fingerprint density at radius 3 is 2.18 bits per heavy atom. The van der Waals surface area contributed by atoms with Crippen LogP contribution in [0, 0.1) is 0 Å². The topological polar surface area (TPSA) is 54.3 Å². The zero-order valence-corrected chi connectivity index (χ0v) is 16.0. The number of carbonyl (C=O) groups is 1. The van der Waals surface area contributed by atoms with Crippen LogP contribution in [0.25, 0.3) is 11.9 Å². The molecule has 2 aromatic heterocycles. The number of piperazine rings is 1. The van der Waals surface area contributed by atoms with Crippen LogP contribution in [-0.2, 0) is 4.79 Å². The molecule has 0 unspecified atom stereocenters. The first-order valence-electron chi connectivity index (χ1n) is 9.14. The van der Waals surface area contributed by atoms with E-state index in [0.717, 1.165) is 30.3 Å². The van der Waals surface area contributed by atoms with E-state index in [1.54, 1.807) is 6.08 Å². The molecule has 3 heterocycles. The van der Waals surface area contributed by atoms with Crippen LogP contribution in [0.5, 0.6) is 0 Å². The van der Waals surface area contributed by atoms with Gasteiger partial charge in [-0.15, -0.1) is 10.2 Å². The van der Waals surface area contributed by atoms with E-state index in [1.165, 1.54) is 0 Å². The predicted molar refractivity (Wildman–Crippen MR) is 111 cm³/mol. The fourth-order valence-corrected chi connectivity index (χ4v) is 3.24. The highest BCUT2D eigenvalue weighted by molar-refractivity contribution is 6.30. The summed E-state index contributed by atoms with van der Waals surface area (Å²) in [5.41, 5.74) is 0.953. The summed E-state index contributed by atoms with van der Waals surface area (Å²) in [5, 5.41) is 9.31. The molecule has 0 atom stereocenters. The molecule has 1 saturated heterocycles. The lowest BCUT2D eigenvalue weighted by molar-refractivity contribution is -0.126. The summed E-state index contributed by atoms with van der Waals surface area (Å²) >= 11 is 5.88. The molecular weight excluding hydrogens is 374 g/mol. The smallest absolute Gasteiger partial charge is 0.246 e. The first-order valence-corrected chi connectivity index (χ1v) is 9.51. The third kappa shape index (κ3) is 4.23. The molecule has 6 nitrogen and oxygen atoms in total. The Bertz CT molecular complexity index is 943. The molecule has 142 valence electrons. The SMILES string of the molecule is O=C(/C=C/c1ccc(Cl)cc1)N1CCN(c2ccc(-n3cccc3)nn2)CC1. The molecule has 3 aromatic rings. The highest BCUT2D eigenvalue weighted by Crippen LogP contribution is 2.15. The van der Waals surface area contributed by atoms with Crippen LogP contribution < -0.4 is 4.90 Å². The van der Waals surface area contributed by atoms with Crippen molar-refractivity contribution in [3.05, 3.63) is 77.6 Å². The van der Waals surface area contributed by atoms with Gasteiger partial charge in [-0.2, -0.15) is 0 Å². The summed E-state index contributed by atoms with van der Waals surface area (Å²) < 4.78 is 1.92. The lowest BCUT2D eigenvalue weighted by atomic mass is 10.2. The number of hydrogen-bond donors (Lipinski definition) is 0. The maximum absolute atomic E-state index is 12.4. The molecule has 1 fully saturated rings. The van der Waals surface area contributed by atoms with E-state index in [9.17, 15) is 4.79 Å². The van der Waals surface area contributed by atoms with E-state index in [4.69, 9.17) is 11.6 Å². The number of amides is 1. The van der Waals surface area contributed by atoms with Gasteiger partial charge in [0.1, 0.15) is 0 Å². The second-order valence-electron chi connectivity index (χ2n) is 6.54. The number of rotatable bonds is 4. The van der Waals surface area contributed by atoms with Crippen LogP contribution >= 0.6 is 11.6 Å². The highest BCUT2D eigenvalue weighted by Gasteiger charge is 2.20. The molecular formula is C21H20ClN5O. The third-order valence-corrected chi connectivity index (χ3v) is 4.96. The van der Waals surface area contributed by atoms with Crippen molar-refractivity contribution < 1.29 is 4.79 Å². The summed E-state index contributed by atoms with van der Waals surface area (Å²) in [6, 6.07) is 15.2. The maximum Gasteiger partial charge on any atom is 0.246 e. The van der Waals surface area contributed by atoms with Gasteiger partial charge in [-0.1, -0.05) is 23.7 Å². The van der Waals surface area contributed by atoms with E-state index >= 15 is 0 Å². The number of carbonyl (C=O) groups excluding carboxylic acids is 1. The second-order valence-corrected chi connectivity index (χ2v) is 6.97. The first-order chi connectivity index (χ1) is 13.7. The minimum atomic E-state index is 0.0173. The molecule has 7 heteroatoms. The Morgan fingerprint density at radius 1 is 0.893 bits per heavy atom. The maximum atomic E-state index is 12.4. The highest BCUT2D eigenvalue weighted by atomic mass is 35.5. The number of nitrogens with zero attached hydrogens (tertiary/aromatic N) is 5. The fourth-order valence-electron chi connectivity index (χ4n) is 3.11. The standard InChI is InChI=1S/C21H20ClN5O/c22-18-6-3-17(4-7-18)5-10-21(28)27-15-13-26(14-16-27)20-9-8-19(23-24-20)25-11-1-2-12-25/h1-12H,13-16H2/b10-5+. The molecule has 1 aliphatic heterocycles. The second kappa shape index (κ2) is 8.27. The van der Waals surface area contributed by atoms with E-state index in [0.29, 0.717) is 18.1 Å². The molecule has 0 bridgehead atoms. The molecule has 1 aromatic carbocycles. The molecule has 0 N–H and O–H groups in total. The van der Waals surface area contributed by atoms with Crippen LogP contribution in [0.3, 0.4) is 0 Å². The predicted octanol–water partition coefficient (Wildman–Crippen LogP) is 3.28. The van der Waals surface area contributed by atoms with E-state index in [1.807, 2.05) is 76.5 Å². The Labute approximate surface area is 168 Å². The Kier molecular flexibility index (Phi) is 5.39. The van der Waals surface area contributed by atoms with E-state index in [2.05, 4.69) is 15.1 Å².